The summed E-state index contributed by atoms with van der Waals surface area (Å²) in [5.74, 6) is 4.57. The summed E-state index contributed by atoms with van der Waals surface area (Å²) in [6, 6.07) is 14.3. The Morgan fingerprint density at radius 3 is 2.07 bits per heavy atom. The van der Waals surface area contributed by atoms with Crippen LogP contribution in [-0.4, -0.2) is 5.75 Å². The molecule has 3 aromatic rings. The average molecular weight is 411 g/mol. The van der Waals surface area contributed by atoms with Crippen molar-refractivity contribution < 1.29 is 13.2 Å². The minimum atomic E-state index is -0.917. The molecule has 5 heteroatoms. The molecular weight excluding hydrogens is 391 g/mol. The lowest BCUT2D eigenvalue weighted by Crippen LogP contribution is -1.97. The van der Waals surface area contributed by atoms with E-state index >= 15 is 0 Å². The summed E-state index contributed by atoms with van der Waals surface area (Å²) < 4.78 is 41.8. The fourth-order valence-electron chi connectivity index (χ4n) is 2.68. The zero-order valence-corrected chi connectivity index (χ0v) is 16.8. The van der Waals surface area contributed by atoms with E-state index in [9.17, 15) is 13.2 Å². The summed E-state index contributed by atoms with van der Waals surface area (Å²) in [5.41, 5.74) is 6.16. The third-order valence-electron chi connectivity index (χ3n) is 4.33. The highest BCUT2D eigenvalue weighted by Crippen LogP contribution is 2.28. The van der Waals surface area contributed by atoms with E-state index in [2.05, 4.69) is 18.8 Å². The van der Waals surface area contributed by atoms with E-state index in [1.807, 2.05) is 36.0 Å². The Kier molecular flexibility index (Phi) is 6.90. The lowest BCUT2D eigenvalue weighted by molar-refractivity contribution is 0.591. The molecule has 0 atom stereocenters. The van der Waals surface area contributed by atoms with Crippen molar-refractivity contribution in [3.05, 3.63) is 83.2 Å². The van der Waals surface area contributed by atoms with Crippen molar-refractivity contribution in [2.75, 3.05) is 11.5 Å². The topological polar surface area (TPSA) is 26.0 Å². The van der Waals surface area contributed by atoms with Gasteiger partial charge in [0.1, 0.15) is 23.1 Å². The summed E-state index contributed by atoms with van der Waals surface area (Å²) >= 11 is 1.81. The number of benzene rings is 3. The second-order valence-electron chi connectivity index (χ2n) is 6.52. The molecule has 0 saturated heterocycles. The molecule has 0 aliphatic rings. The molecule has 0 aromatic heterocycles. The average Bonchev–Trinajstić information content (AvgIpc) is 2.71. The number of nitrogens with two attached hydrogens (primary N) is 1. The molecule has 2 N–H and O–H groups in total. The van der Waals surface area contributed by atoms with Crippen molar-refractivity contribution in [2.45, 2.75) is 24.7 Å². The minimum Gasteiger partial charge on any atom is -0.394 e. The SMILES string of the molecule is CCCCSc1ccc(C#Cc2ccc(-c3cc(F)c(N)c(F)c3)c(F)c2)cc1. The van der Waals surface area contributed by atoms with Gasteiger partial charge < -0.3 is 5.73 Å². The van der Waals surface area contributed by atoms with Crippen LogP contribution in [0.25, 0.3) is 11.1 Å². The van der Waals surface area contributed by atoms with Crippen molar-refractivity contribution in [1.29, 1.82) is 0 Å². The summed E-state index contributed by atoms with van der Waals surface area (Å²) in [5, 5.41) is 0. The first-order valence-electron chi connectivity index (χ1n) is 9.27. The Morgan fingerprint density at radius 2 is 1.45 bits per heavy atom. The number of hydrogen-bond acceptors (Lipinski definition) is 2. The van der Waals surface area contributed by atoms with E-state index in [0.717, 1.165) is 23.4 Å². The molecular formula is C24H20F3NS. The summed E-state index contributed by atoms with van der Waals surface area (Å²) in [6.07, 6.45) is 2.36. The van der Waals surface area contributed by atoms with Gasteiger partial charge in [-0.05, 0) is 66.3 Å². The van der Waals surface area contributed by atoms with Crippen LogP contribution >= 0.6 is 11.8 Å². The highest BCUT2D eigenvalue weighted by molar-refractivity contribution is 7.99. The lowest BCUT2D eigenvalue weighted by atomic mass is 10.0. The summed E-state index contributed by atoms with van der Waals surface area (Å²) in [4.78, 5) is 1.20. The molecule has 0 saturated carbocycles. The monoisotopic (exact) mass is 411 g/mol. The Labute approximate surface area is 173 Å². The minimum absolute atomic E-state index is 0.0850. The predicted molar refractivity (Wildman–Crippen MR) is 114 cm³/mol. The Bertz CT molecular complexity index is 1040. The van der Waals surface area contributed by atoms with Crippen molar-refractivity contribution in [3.8, 4) is 23.0 Å². The van der Waals surface area contributed by atoms with E-state index in [4.69, 9.17) is 5.73 Å². The first kappa shape index (κ1) is 20.9. The van der Waals surface area contributed by atoms with Gasteiger partial charge in [-0.15, -0.1) is 11.8 Å². The molecule has 0 radical (unpaired) electrons. The zero-order valence-electron chi connectivity index (χ0n) is 15.9. The van der Waals surface area contributed by atoms with Crippen LogP contribution in [0.4, 0.5) is 18.9 Å². The molecule has 0 heterocycles. The maximum atomic E-state index is 14.5. The van der Waals surface area contributed by atoms with E-state index in [0.29, 0.717) is 5.56 Å². The van der Waals surface area contributed by atoms with Gasteiger partial charge in [0.15, 0.2) is 0 Å². The van der Waals surface area contributed by atoms with E-state index in [-0.39, 0.29) is 11.1 Å². The summed E-state index contributed by atoms with van der Waals surface area (Å²) in [6.45, 7) is 2.17. The fraction of sp³-hybridized carbons (Fsp3) is 0.167. The number of unbranched alkanes of at least 4 members (excludes halogenated alkanes) is 1. The molecule has 148 valence electrons. The van der Waals surface area contributed by atoms with Crippen LogP contribution in [-0.2, 0) is 0 Å². The third kappa shape index (κ3) is 5.36. The van der Waals surface area contributed by atoms with Crippen LogP contribution in [0.5, 0.6) is 0 Å². The lowest BCUT2D eigenvalue weighted by Gasteiger charge is -2.07. The largest absolute Gasteiger partial charge is 0.394 e. The first-order chi connectivity index (χ1) is 14.0. The third-order valence-corrected chi connectivity index (χ3v) is 5.43. The van der Waals surface area contributed by atoms with Crippen LogP contribution in [0.2, 0.25) is 0 Å². The van der Waals surface area contributed by atoms with Gasteiger partial charge in [-0.3, -0.25) is 0 Å². The molecule has 0 aliphatic heterocycles. The molecule has 0 unspecified atom stereocenters. The number of nitrogen functional groups attached to an aromatic ring is 1. The number of rotatable bonds is 5. The van der Waals surface area contributed by atoms with Crippen LogP contribution in [0.15, 0.2) is 59.5 Å². The maximum Gasteiger partial charge on any atom is 0.149 e. The number of halogens is 3. The molecule has 0 fully saturated rings. The number of thioether (sulfide) groups is 1. The van der Waals surface area contributed by atoms with Gasteiger partial charge in [0.2, 0.25) is 0 Å². The normalized spacial score (nSPS) is 10.5. The molecule has 0 amide bonds. The van der Waals surface area contributed by atoms with Gasteiger partial charge in [-0.25, -0.2) is 13.2 Å². The van der Waals surface area contributed by atoms with Gasteiger partial charge in [-0.1, -0.05) is 31.3 Å². The van der Waals surface area contributed by atoms with E-state index < -0.39 is 23.1 Å². The summed E-state index contributed by atoms with van der Waals surface area (Å²) in [7, 11) is 0. The van der Waals surface area contributed by atoms with Crippen molar-refractivity contribution >= 4 is 17.4 Å². The van der Waals surface area contributed by atoms with Crippen LogP contribution < -0.4 is 5.73 Å². The van der Waals surface area contributed by atoms with Gasteiger partial charge in [0.05, 0.1) is 0 Å². The van der Waals surface area contributed by atoms with Gasteiger partial charge in [0, 0.05) is 21.6 Å². The maximum absolute atomic E-state index is 14.5. The molecule has 0 bridgehead atoms. The molecule has 3 aromatic carbocycles. The molecule has 29 heavy (non-hydrogen) atoms. The van der Waals surface area contributed by atoms with Crippen LogP contribution in [0, 0.1) is 29.3 Å². The van der Waals surface area contributed by atoms with Crippen LogP contribution in [0.1, 0.15) is 30.9 Å². The van der Waals surface area contributed by atoms with Gasteiger partial charge in [-0.2, -0.15) is 0 Å². The van der Waals surface area contributed by atoms with Crippen LogP contribution in [0.3, 0.4) is 0 Å². The quantitative estimate of drug-likeness (QED) is 0.220. The molecule has 3 rings (SSSR count). The van der Waals surface area contributed by atoms with E-state index in [1.54, 1.807) is 6.07 Å². The highest BCUT2D eigenvalue weighted by atomic mass is 32.2. The predicted octanol–water partition coefficient (Wildman–Crippen LogP) is 6.65. The molecule has 0 spiro atoms. The molecule has 1 nitrogen and oxygen atoms in total. The zero-order chi connectivity index (χ0) is 20.8. The van der Waals surface area contributed by atoms with Crippen molar-refractivity contribution in [2.24, 2.45) is 0 Å². The number of hydrogen-bond donors (Lipinski definition) is 1. The number of anilines is 1. The Balaban J connectivity index is 1.76. The Morgan fingerprint density at radius 1 is 0.828 bits per heavy atom. The second kappa shape index (κ2) is 9.58. The van der Waals surface area contributed by atoms with Gasteiger partial charge >= 0.3 is 0 Å². The smallest absolute Gasteiger partial charge is 0.149 e. The van der Waals surface area contributed by atoms with Crippen molar-refractivity contribution in [3.63, 3.8) is 0 Å². The second-order valence-corrected chi connectivity index (χ2v) is 7.69. The standard InChI is InChI=1S/C24H20F3NS/c1-2-3-12-29-19-9-6-16(7-10-19)4-5-17-8-11-20(21(25)13-17)18-14-22(26)24(28)23(27)15-18/h6-11,13-15H,2-3,12,28H2,1H3. The van der Waals surface area contributed by atoms with E-state index in [1.165, 1.54) is 29.9 Å². The Hall–Kier alpha value is -2.84. The fourth-order valence-corrected chi connectivity index (χ4v) is 3.68. The highest BCUT2D eigenvalue weighted by Gasteiger charge is 2.12. The first-order valence-corrected chi connectivity index (χ1v) is 10.3. The van der Waals surface area contributed by atoms with Crippen molar-refractivity contribution in [1.82, 2.24) is 0 Å². The van der Waals surface area contributed by atoms with Gasteiger partial charge in [0.25, 0.3) is 0 Å². The molecule has 0 aliphatic carbocycles.